The van der Waals surface area contributed by atoms with E-state index in [4.69, 9.17) is 17.3 Å². The first-order chi connectivity index (χ1) is 8.54. The van der Waals surface area contributed by atoms with Crippen molar-refractivity contribution in [1.82, 2.24) is 5.32 Å². The van der Waals surface area contributed by atoms with Gasteiger partial charge in [-0.2, -0.15) is 0 Å². The summed E-state index contributed by atoms with van der Waals surface area (Å²) in [7, 11) is -1.46. The quantitative estimate of drug-likeness (QED) is 0.621. The number of carbonyl (C=O) groups excluding carboxylic acids is 1. The van der Waals surface area contributed by atoms with E-state index in [0.29, 0.717) is 22.2 Å². The van der Waals surface area contributed by atoms with Crippen LogP contribution in [0.2, 0.25) is 5.02 Å². The molecule has 0 aliphatic rings. The van der Waals surface area contributed by atoms with Gasteiger partial charge in [-0.1, -0.05) is 24.9 Å². The number of amides is 1. The monoisotopic (exact) mass is 288 g/mol. The molecule has 100 valence electrons. The lowest BCUT2D eigenvalue weighted by atomic mass is 10.3. The number of anilines is 1. The van der Waals surface area contributed by atoms with Crippen LogP contribution in [0.5, 0.6) is 0 Å². The molecule has 0 aliphatic carbocycles. The predicted octanol–water partition coefficient (Wildman–Crippen LogP) is 1.95. The number of carbonyl (C=O) groups is 1. The molecule has 3 N–H and O–H groups in total. The molecule has 1 atom stereocenters. The summed E-state index contributed by atoms with van der Waals surface area (Å²) in [6.45, 7) is 2.65. The Morgan fingerprint density at radius 2 is 2.22 bits per heavy atom. The highest BCUT2D eigenvalue weighted by Crippen LogP contribution is 2.22. The molecule has 0 saturated heterocycles. The molecule has 0 fully saturated rings. The third kappa shape index (κ3) is 4.66. The number of unbranched alkanes of at least 4 members (excludes halogenated alkanes) is 1. The van der Waals surface area contributed by atoms with Crippen molar-refractivity contribution in [2.24, 2.45) is 0 Å². The fraction of sp³-hybridized carbons (Fsp3) is 0.417. The van der Waals surface area contributed by atoms with E-state index in [1.165, 1.54) is 6.07 Å². The van der Waals surface area contributed by atoms with Crippen molar-refractivity contribution in [3.8, 4) is 0 Å². The summed E-state index contributed by atoms with van der Waals surface area (Å²) in [5, 5.41) is 3.08. The van der Waals surface area contributed by atoms with E-state index < -0.39 is 10.8 Å². The van der Waals surface area contributed by atoms with Crippen molar-refractivity contribution in [3.05, 3.63) is 23.2 Å². The lowest BCUT2D eigenvalue weighted by Gasteiger charge is -2.06. The normalized spacial score (nSPS) is 12.1. The van der Waals surface area contributed by atoms with E-state index in [0.717, 1.165) is 12.8 Å². The van der Waals surface area contributed by atoms with Gasteiger partial charge >= 0.3 is 0 Å². The minimum absolute atomic E-state index is 0.0904. The summed E-state index contributed by atoms with van der Waals surface area (Å²) >= 11 is 5.92. The molecule has 0 bridgehead atoms. The maximum Gasteiger partial charge on any atom is 0.233 e. The third-order valence-corrected chi connectivity index (χ3v) is 4.11. The SMILES string of the molecule is CCCCNC(=O)CS(=O)c1cc(N)ccc1Cl. The maximum atomic E-state index is 12.0. The summed E-state index contributed by atoms with van der Waals surface area (Å²) < 4.78 is 12.0. The first-order valence-corrected chi connectivity index (χ1v) is 7.44. The Bertz CT molecular complexity index is 452. The van der Waals surface area contributed by atoms with Crippen LogP contribution in [0.25, 0.3) is 0 Å². The Morgan fingerprint density at radius 3 is 2.89 bits per heavy atom. The number of hydrogen-bond donors (Lipinski definition) is 2. The van der Waals surface area contributed by atoms with E-state index in [1.54, 1.807) is 12.1 Å². The van der Waals surface area contributed by atoms with E-state index >= 15 is 0 Å². The second-order valence-corrected chi connectivity index (χ2v) is 5.71. The Hall–Kier alpha value is -1.07. The van der Waals surface area contributed by atoms with Crippen molar-refractivity contribution < 1.29 is 9.00 Å². The van der Waals surface area contributed by atoms with Gasteiger partial charge in [0.05, 0.1) is 20.7 Å². The Balaban J connectivity index is 2.59. The number of benzene rings is 1. The summed E-state index contributed by atoms with van der Waals surface area (Å²) in [5.41, 5.74) is 6.08. The largest absolute Gasteiger partial charge is 0.399 e. The van der Waals surface area contributed by atoms with Gasteiger partial charge in [-0.25, -0.2) is 0 Å². The van der Waals surface area contributed by atoms with Crippen molar-refractivity contribution in [3.63, 3.8) is 0 Å². The van der Waals surface area contributed by atoms with Gasteiger partial charge < -0.3 is 11.1 Å². The second-order valence-electron chi connectivity index (χ2n) is 3.88. The van der Waals surface area contributed by atoms with Gasteiger partial charge in [0.1, 0.15) is 5.75 Å². The molecule has 0 aliphatic heterocycles. The van der Waals surface area contributed by atoms with Gasteiger partial charge in [0.25, 0.3) is 0 Å². The van der Waals surface area contributed by atoms with E-state index in [1.807, 2.05) is 6.92 Å². The van der Waals surface area contributed by atoms with Crippen LogP contribution in [0.4, 0.5) is 5.69 Å². The van der Waals surface area contributed by atoms with Crippen molar-refractivity contribution >= 4 is 34.0 Å². The fourth-order valence-electron chi connectivity index (χ4n) is 1.35. The van der Waals surface area contributed by atoms with Gasteiger partial charge in [0.2, 0.25) is 5.91 Å². The first-order valence-electron chi connectivity index (χ1n) is 5.74. The number of rotatable bonds is 6. The summed E-state index contributed by atoms with van der Waals surface area (Å²) in [4.78, 5) is 11.9. The number of nitrogens with one attached hydrogen (secondary N) is 1. The summed E-state index contributed by atoms with van der Waals surface area (Å²) in [5.74, 6) is -0.326. The average molecular weight is 289 g/mol. The van der Waals surface area contributed by atoms with E-state index in [9.17, 15) is 9.00 Å². The van der Waals surface area contributed by atoms with Crippen LogP contribution in [0.15, 0.2) is 23.1 Å². The number of halogens is 1. The molecule has 6 heteroatoms. The Labute approximate surface area is 114 Å². The highest BCUT2D eigenvalue weighted by Gasteiger charge is 2.13. The van der Waals surface area contributed by atoms with Crippen LogP contribution < -0.4 is 11.1 Å². The molecule has 0 spiro atoms. The number of hydrogen-bond acceptors (Lipinski definition) is 3. The topological polar surface area (TPSA) is 72.2 Å². The zero-order valence-corrected chi connectivity index (χ0v) is 11.8. The predicted molar refractivity (Wildman–Crippen MR) is 75.1 cm³/mol. The Morgan fingerprint density at radius 1 is 1.50 bits per heavy atom. The lowest BCUT2D eigenvalue weighted by Crippen LogP contribution is -2.29. The lowest BCUT2D eigenvalue weighted by molar-refractivity contribution is -0.118. The van der Waals surface area contributed by atoms with Crippen molar-refractivity contribution in [2.75, 3.05) is 18.0 Å². The van der Waals surface area contributed by atoms with Gasteiger partial charge in [-0.3, -0.25) is 9.00 Å². The van der Waals surface area contributed by atoms with Crippen LogP contribution in [0.3, 0.4) is 0 Å². The molecule has 0 saturated carbocycles. The Kier molecular flexibility index (Phi) is 6.15. The summed E-state index contributed by atoms with van der Waals surface area (Å²) in [6.07, 6.45) is 1.92. The molecule has 18 heavy (non-hydrogen) atoms. The molecule has 0 radical (unpaired) electrons. The molecular weight excluding hydrogens is 272 g/mol. The standard InChI is InChI=1S/C12H17ClN2O2S/c1-2-3-6-15-12(16)8-18(17)11-7-9(14)4-5-10(11)13/h4-5,7H,2-3,6,8,14H2,1H3,(H,15,16). The van der Waals surface area contributed by atoms with Crippen LogP contribution >= 0.6 is 11.6 Å². The third-order valence-electron chi connectivity index (χ3n) is 2.32. The van der Waals surface area contributed by atoms with Crippen molar-refractivity contribution in [1.29, 1.82) is 0 Å². The van der Waals surface area contributed by atoms with E-state index in [2.05, 4.69) is 5.32 Å². The maximum absolute atomic E-state index is 12.0. The highest BCUT2D eigenvalue weighted by molar-refractivity contribution is 7.85. The van der Waals surface area contributed by atoms with Crippen LogP contribution in [-0.2, 0) is 15.6 Å². The van der Waals surface area contributed by atoms with E-state index in [-0.39, 0.29) is 11.7 Å². The van der Waals surface area contributed by atoms with Gasteiger partial charge in [0.15, 0.2) is 0 Å². The molecule has 1 amide bonds. The molecule has 0 heterocycles. The molecular formula is C12H17ClN2O2S. The molecule has 1 aromatic carbocycles. The number of nitrogens with two attached hydrogens (primary N) is 1. The molecule has 4 nitrogen and oxygen atoms in total. The molecule has 1 unspecified atom stereocenters. The average Bonchev–Trinajstić information content (AvgIpc) is 2.32. The molecule has 1 rings (SSSR count). The minimum atomic E-state index is -1.46. The van der Waals surface area contributed by atoms with Crippen LogP contribution in [0, 0.1) is 0 Å². The van der Waals surface area contributed by atoms with Gasteiger partial charge in [0, 0.05) is 12.2 Å². The summed E-state index contributed by atoms with van der Waals surface area (Å²) in [6, 6.07) is 4.75. The van der Waals surface area contributed by atoms with Crippen LogP contribution in [0.1, 0.15) is 19.8 Å². The highest BCUT2D eigenvalue weighted by atomic mass is 35.5. The van der Waals surface area contributed by atoms with Crippen molar-refractivity contribution in [2.45, 2.75) is 24.7 Å². The van der Waals surface area contributed by atoms with Crippen LogP contribution in [-0.4, -0.2) is 22.4 Å². The molecule has 0 aromatic heterocycles. The zero-order valence-electron chi connectivity index (χ0n) is 10.2. The fourth-order valence-corrected chi connectivity index (χ4v) is 2.77. The zero-order chi connectivity index (χ0) is 13.5. The second kappa shape index (κ2) is 7.38. The number of nitrogen functional groups attached to an aromatic ring is 1. The minimum Gasteiger partial charge on any atom is -0.399 e. The first kappa shape index (κ1) is 15.0. The smallest absolute Gasteiger partial charge is 0.233 e. The van der Waals surface area contributed by atoms with Gasteiger partial charge in [-0.05, 0) is 24.6 Å². The van der Waals surface area contributed by atoms with Gasteiger partial charge in [-0.15, -0.1) is 0 Å². The molecule has 1 aromatic rings.